The lowest BCUT2D eigenvalue weighted by Crippen LogP contribution is -1.80. The van der Waals surface area contributed by atoms with Crippen molar-refractivity contribution < 1.29 is 9.18 Å². The lowest BCUT2D eigenvalue weighted by Gasteiger charge is -1.97. The van der Waals surface area contributed by atoms with E-state index in [0.717, 1.165) is 0 Å². The molecule has 0 unspecified atom stereocenters. The first kappa shape index (κ1) is 8.69. The number of hydrogen-bond donors (Lipinski definition) is 1. The Kier molecular flexibility index (Phi) is 2.14. The van der Waals surface area contributed by atoms with Crippen LogP contribution in [0.25, 0.3) is 11.1 Å². The maximum absolute atomic E-state index is 13.3. The molecule has 0 bridgehead atoms. The summed E-state index contributed by atoms with van der Waals surface area (Å²) < 4.78 is 13.3. The lowest BCUT2D eigenvalue weighted by molar-refractivity contribution is 0.111. The summed E-state index contributed by atoms with van der Waals surface area (Å²) in [5, 5.41) is 0. The first-order chi connectivity index (χ1) is 6.81. The normalized spacial score (nSPS) is 10.1. The molecule has 0 saturated carbocycles. The van der Waals surface area contributed by atoms with Gasteiger partial charge in [-0.05, 0) is 12.1 Å². The van der Waals surface area contributed by atoms with E-state index in [1.165, 1.54) is 6.07 Å². The Morgan fingerprint density at radius 2 is 2.07 bits per heavy atom. The highest BCUT2D eigenvalue weighted by atomic mass is 19.1. The molecule has 0 spiro atoms. The third kappa shape index (κ3) is 1.44. The number of halogens is 1. The first-order valence-corrected chi connectivity index (χ1v) is 4.20. The molecular weight excluding hydrogens is 181 g/mol. The predicted molar refractivity (Wildman–Crippen MR) is 51.6 cm³/mol. The van der Waals surface area contributed by atoms with Crippen LogP contribution >= 0.6 is 0 Å². The summed E-state index contributed by atoms with van der Waals surface area (Å²) in [6, 6.07) is 8.07. The molecule has 70 valence electrons. The number of aromatic amines is 1. The number of rotatable bonds is 2. The van der Waals surface area contributed by atoms with Crippen LogP contribution in [-0.4, -0.2) is 11.3 Å². The van der Waals surface area contributed by atoms with Gasteiger partial charge >= 0.3 is 0 Å². The summed E-state index contributed by atoms with van der Waals surface area (Å²) >= 11 is 0. The van der Waals surface area contributed by atoms with E-state index in [-0.39, 0.29) is 5.82 Å². The van der Waals surface area contributed by atoms with Gasteiger partial charge in [0, 0.05) is 17.3 Å². The Hall–Kier alpha value is -1.90. The summed E-state index contributed by atoms with van der Waals surface area (Å²) in [5.74, 6) is -0.288. The second-order valence-electron chi connectivity index (χ2n) is 2.94. The van der Waals surface area contributed by atoms with E-state index in [1.54, 1.807) is 30.5 Å². The largest absolute Gasteiger partial charge is 0.358 e. The molecule has 3 heteroatoms. The van der Waals surface area contributed by atoms with Crippen molar-refractivity contribution >= 4 is 6.29 Å². The number of H-pyrrole nitrogens is 1. The molecule has 1 N–H and O–H groups in total. The smallest absolute Gasteiger partial charge is 0.166 e. The SMILES string of the molecule is O=Cc1cc(-c2ccccc2F)c[nH]1. The zero-order chi connectivity index (χ0) is 9.97. The van der Waals surface area contributed by atoms with Gasteiger partial charge in [-0.2, -0.15) is 0 Å². The van der Waals surface area contributed by atoms with Gasteiger partial charge in [-0.3, -0.25) is 4.79 Å². The topological polar surface area (TPSA) is 32.9 Å². The Labute approximate surface area is 80.4 Å². The highest BCUT2D eigenvalue weighted by Gasteiger charge is 2.05. The number of aldehydes is 1. The number of carbonyl (C=O) groups is 1. The minimum Gasteiger partial charge on any atom is -0.358 e. The van der Waals surface area contributed by atoms with Crippen molar-refractivity contribution in [2.24, 2.45) is 0 Å². The molecule has 0 aliphatic carbocycles. The predicted octanol–water partition coefficient (Wildman–Crippen LogP) is 2.63. The third-order valence-electron chi connectivity index (χ3n) is 2.02. The third-order valence-corrected chi connectivity index (χ3v) is 2.02. The van der Waals surface area contributed by atoms with Crippen LogP contribution in [0.2, 0.25) is 0 Å². The van der Waals surface area contributed by atoms with E-state index in [0.29, 0.717) is 23.1 Å². The van der Waals surface area contributed by atoms with Crippen molar-refractivity contribution in [3.8, 4) is 11.1 Å². The van der Waals surface area contributed by atoms with E-state index in [4.69, 9.17) is 0 Å². The molecule has 2 rings (SSSR count). The fourth-order valence-electron chi connectivity index (χ4n) is 1.33. The monoisotopic (exact) mass is 189 g/mol. The van der Waals surface area contributed by atoms with Crippen LogP contribution in [0.5, 0.6) is 0 Å². The van der Waals surface area contributed by atoms with Crippen molar-refractivity contribution in [3.05, 3.63) is 48.0 Å². The molecule has 0 aliphatic heterocycles. The average Bonchev–Trinajstić information content (AvgIpc) is 2.67. The summed E-state index contributed by atoms with van der Waals surface area (Å²) in [7, 11) is 0. The van der Waals surface area contributed by atoms with E-state index >= 15 is 0 Å². The molecule has 1 aromatic heterocycles. The first-order valence-electron chi connectivity index (χ1n) is 4.20. The van der Waals surface area contributed by atoms with Crippen molar-refractivity contribution in [2.75, 3.05) is 0 Å². The average molecular weight is 189 g/mol. The minimum atomic E-state index is -0.288. The highest BCUT2D eigenvalue weighted by Crippen LogP contribution is 2.22. The minimum absolute atomic E-state index is 0.288. The molecule has 0 amide bonds. The number of benzene rings is 1. The highest BCUT2D eigenvalue weighted by molar-refractivity contribution is 5.77. The van der Waals surface area contributed by atoms with E-state index in [9.17, 15) is 9.18 Å². The van der Waals surface area contributed by atoms with Crippen LogP contribution in [0.15, 0.2) is 36.5 Å². The van der Waals surface area contributed by atoms with Crippen LogP contribution in [0.4, 0.5) is 4.39 Å². The van der Waals surface area contributed by atoms with Gasteiger partial charge in [0.15, 0.2) is 6.29 Å². The maximum Gasteiger partial charge on any atom is 0.166 e. The molecule has 2 aromatic rings. The zero-order valence-corrected chi connectivity index (χ0v) is 7.33. The van der Waals surface area contributed by atoms with Crippen LogP contribution in [0.1, 0.15) is 10.5 Å². The molecular formula is C11H8FNO. The zero-order valence-electron chi connectivity index (χ0n) is 7.33. The van der Waals surface area contributed by atoms with Crippen LogP contribution in [-0.2, 0) is 0 Å². The molecule has 0 radical (unpaired) electrons. The molecule has 1 heterocycles. The van der Waals surface area contributed by atoms with Gasteiger partial charge in [0.1, 0.15) is 5.82 Å². The van der Waals surface area contributed by atoms with Crippen LogP contribution in [0, 0.1) is 5.82 Å². The van der Waals surface area contributed by atoms with Crippen molar-refractivity contribution in [1.82, 2.24) is 4.98 Å². The van der Waals surface area contributed by atoms with Crippen molar-refractivity contribution in [2.45, 2.75) is 0 Å². The summed E-state index contributed by atoms with van der Waals surface area (Å²) in [6.07, 6.45) is 2.31. The van der Waals surface area contributed by atoms with Gasteiger partial charge in [0.05, 0.1) is 5.69 Å². The number of hydrogen-bond acceptors (Lipinski definition) is 1. The molecule has 0 saturated heterocycles. The summed E-state index contributed by atoms with van der Waals surface area (Å²) in [6.45, 7) is 0. The maximum atomic E-state index is 13.3. The molecule has 2 nitrogen and oxygen atoms in total. The number of carbonyl (C=O) groups excluding carboxylic acids is 1. The van der Waals surface area contributed by atoms with Crippen molar-refractivity contribution in [3.63, 3.8) is 0 Å². The van der Waals surface area contributed by atoms with Crippen LogP contribution in [0.3, 0.4) is 0 Å². The van der Waals surface area contributed by atoms with Crippen LogP contribution < -0.4 is 0 Å². The van der Waals surface area contributed by atoms with Gasteiger partial charge in [-0.1, -0.05) is 18.2 Å². The lowest BCUT2D eigenvalue weighted by atomic mass is 10.1. The van der Waals surface area contributed by atoms with E-state index in [2.05, 4.69) is 4.98 Å². The Bertz CT molecular complexity index is 462. The Morgan fingerprint density at radius 3 is 2.71 bits per heavy atom. The number of nitrogens with one attached hydrogen (secondary N) is 1. The Morgan fingerprint density at radius 1 is 1.29 bits per heavy atom. The van der Waals surface area contributed by atoms with Gasteiger partial charge in [-0.25, -0.2) is 4.39 Å². The summed E-state index contributed by atoms with van der Waals surface area (Å²) in [4.78, 5) is 13.2. The molecule has 1 aromatic carbocycles. The second-order valence-corrected chi connectivity index (χ2v) is 2.94. The van der Waals surface area contributed by atoms with Gasteiger partial charge < -0.3 is 4.98 Å². The van der Waals surface area contributed by atoms with Gasteiger partial charge in [-0.15, -0.1) is 0 Å². The molecule has 0 aliphatic rings. The molecule has 14 heavy (non-hydrogen) atoms. The standard InChI is InChI=1S/C11H8FNO/c12-11-4-2-1-3-10(11)8-5-9(7-14)13-6-8/h1-7,13H. The second kappa shape index (κ2) is 3.46. The molecule has 0 fully saturated rings. The summed E-state index contributed by atoms with van der Waals surface area (Å²) in [5.41, 5.74) is 1.63. The quantitative estimate of drug-likeness (QED) is 0.724. The fourth-order valence-corrected chi connectivity index (χ4v) is 1.33. The van der Waals surface area contributed by atoms with E-state index in [1.807, 2.05) is 0 Å². The van der Waals surface area contributed by atoms with Crippen molar-refractivity contribution in [1.29, 1.82) is 0 Å². The fraction of sp³-hybridized carbons (Fsp3) is 0. The van der Waals surface area contributed by atoms with E-state index < -0.39 is 0 Å². The number of aromatic nitrogens is 1. The molecule has 0 atom stereocenters. The van der Waals surface area contributed by atoms with Gasteiger partial charge in [0.2, 0.25) is 0 Å². The Balaban J connectivity index is 2.49. The van der Waals surface area contributed by atoms with Gasteiger partial charge in [0.25, 0.3) is 0 Å².